The summed E-state index contributed by atoms with van der Waals surface area (Å²) >= 11 is 0. The van der Waals surface area contributed by atoms with Crippen LogP contribution >= 0.6 is 0 Å². The van der Waals surface area contributed by atoms with E-state index in [1.807, 2.05) is 17.7 Å². The number of benzene rings is 1. The second kappa shape index (κ2) is 6.16. The van der Waals surface area contributed by atoms with Gasteiger partial charge < -0.3 is 10.0 Å². The molecule has 122 valence electrons. The molecule has 1 saturated heterocycles. The highest BCUT2D eigenvalue weighted by atomic mass is 16.3. The van der Waals surface area contributed by atoms with E-state index in [-0.39, 0.29) is 18.6 Å². The van der Waals surface area contributed by atoms with Crippen LogP contribution in [0.5, 0.6) is 0 Å². The van der Waals surface area contributed by atoms with Crippen molar-refractivity contribution in [3.8, 4) is 5.69 Å². The van der Waals surface area contributed by atoms with Crippen LogP contribution in [0.3, 0.4) is 0 Å². The first kappa shape index (κ1) is 15.7. The molecule has 0 unspecified atom stereocenters. The normalized spacial score (nSPS) is 17.7. The van der Waals surface area contributed by atoms with Crippen molar-refractivity contribution in [3.05, 3.63) is 46.8 Å². The molecule has 1 aromatic carbocycles. The van der Waals surface area contributed by atoms with Crippen molar-refractivity contribution in [1.29, 1.82) is 0 Å². The van der Waals surface area contributed by atoms with E-state index in [0.717, 1.165) is 24.2 Å². The van der Waals surface area contributed by atoms with Gasteiger partial charge in [-0.05, 0) is 62.9 Å². The van der Waals surface area contributed by atoms with Crippen LogP contribution in [-0.4, -0.2) is 44.9 Å². The zero-order valence-corrected chi connectivity index (χ0v) is 13.9. The Kier molecular flexibility index (Phi) is 4.22. The Bertz CT molecular complexity index is 716. The Morgan fingerprint density at radius 3 is 2.57 bits per heavy atom. The first-order valence-corrected chi connectivity index (χ1v) is 8.07. The van der Waals surface area contributed by atoms with Gasteiger partial charge in [0.15, 0.2) is 5.69 Å². The Labute approximate surface area is 136 Å². The Morgan fingerprint density at radius 2 is 1.91 bits per heavy atom. The summed E-state index contributed by atoms with van der Waals surface area (Å²) < 4.78 is 1.82. The average molecular weight is 313 g/mol. The van der Waals surface area contributed by atoms with Crippen molar-refractivity contribution >= 4 is 5.91 Å². The van der Waals surface area contributed by atoms with Crippen molar-refractivity contribution < 1.29 is 9.90 Å². The zero-order valence-electron chi connectivity index (χ0n) is 13.9. The summed E-state index contributed by atoms with van der Waals surface area (Å²) in [6.07, 6.45) is 1.80. The third kappa shape index (κ3) is 3.01. The molecule has 1 N–H and O–H groups in total. The second-order valence-electron chi connectivity index (χ2n) is 6.41. The molecule has 23 heavy (non-hydrogen) atoms. The number of rotatable bonds is 3. The van der Waals surface area contributed by atoms with Crippen molar-refractivity contribution in [2.24, 2.45) is 0 Å². The maximum absolute atomic E-state index is 12.7. The third-order valence-corrected chi connectivity index (χ3v) is 4.41. The Morgan fingerprint density at radius 1 is 1.22 bits per heavy atom. The van der Waals surface area contributed by atoms with E-state index in [4.69, 9.17) is 0 Å². The van der Waals surface area contributed by atoms with Crippen LogP contribution in [0.2, 0.25) is 0 Å². The maximum Gasteiger partial charge on any atom is 0.274 e. The van der Waals surface area contributed by atoms with E-state index in [9.17, 15) is 9.90 Å². The molecule has 0 aliphatic carbocycles. The van der Waals surface area contributed by atoms with Crippen LogP contribution < -0.4 is 0 Å². The molecule has 2 aromatic rings. The van der Waals surface area contributed by atoms with E-state index in [1.54, 1.807) is 4.90 Å². The Balaban J connectivity index is 1.93. The van der Waals surface area contributed by atoms with E-state index in [0.29, 0.717) is 12.2 Å². The van der Waals surface area contributed by atoms with Crippen LogP contribution in [0, 0.1) is 20.8 Å². The molecule has 1 atom stereocenters. The van der Waals surface area contributed by atoms with Gasteiger partial charge in [-0.3, -0.25) is 4.79 Å². The standard InChI is InChI=1S/C18H23N3O2/c1-12-7-13(2)9-16(8-12)21-14(3)10-17(19-21)18(23)20-6-4-5-15(20)11-22/h7-10,15,22H,4-6,11H2,1-3H3/t15-/m1/s1. The predicted molar refractivity (Wildman–Crippen MR) is 88.9 cm³/mol. The smallest absolute Gasteiger partial charge is 0.274 e. The quantitative estimate of drug-likeness (QED) is 0.946. The number of aromatic nitrogens is 2. The van der Waals surface area contributed by atoms with E-state index >= 15 is 0 Å². The van der Waals surface area contributed by atoms with Gasteiger partial charge >= 0.3 is 0 Å². The van der Waals surface area contributed by atoms with Crippen LogP contribution in [-0.2, 0) is 0 Å². The van der Waals surface area contributed by atoms with Crippen LogP contribution in [0.15, 0.2) is 24.3 Å². The molecule has 1 amide bonds. The molecular formula is C18H23N3O2. The largest absolute Gasteiger partial charge is 0.394 e. The van der Waals surface area contributed by atoms with E-state index in [2.05, 4.69) is 37.1 Å². The molecule has 1 fully saturated rings. The highest BCUT2D eigenvalue weighted by Gasteiger charge is 2.30. The summed E-state index contributed by atoms with van der Waals surface area (Å²) in [5, 5.41) is 13.9. The topological polar surface area (TPSA) is 58.4 Å². The van der Waals surface area contributed by atoms with E-state index in [1.165, 1.54) is 11.1 Å². The third-order valence-electron chi connectivity index (χ3n) is 4.41. The first-order chi connectivity index (χ1) is 11.0. The lowest BCUT2D eigenvalue weighted by Gasteiger charge is -2.21. The van der Waals surface area contributed by atoms with Crippen LogP contribution in [0.4, 0.5) is 0 Å². The fraction of sp³-hybridized carbons (Fsp3) is 0.444. The number of hydrogen-bond donors (Lipinski definition) is 1. The number of aliphatic hydroxyl groups is 1. The molecule has 5 nitrogen and oxygen atoms in total. The number of likely N-dealkylation sites (tertiary alicyclic amines) is 1. The van der Waals surface area contributed by atoms with Gasteiger partial charge in [0.1, 0.15) is 0 Å². The number of amides is 1. The predicted octanol–water partition coefficient (Wildman–Crippen LogP) is 2.39. The van der Waals surface area contributed by atoms with Gasteiger partial charge in [-0.15, -0.1) is 0 Å². The van der Waals surface area contributed by atoms with Gasteiger partial charge in [0, 0.05) is 12.2 Å². The van der Waals surface area contributed by atoms with Crippen molar-refractivity contribution in [3.63, 3.8) is 0 Å². The van der Waals surface area contributed by atoms with Crippen molar-refractivity contribution in [1.82, 2.24) is 14.7 Å². The minimum atomic E-state index is -0.0900. The molecule has 0 saturated carbocycles. The summed E-state index contributed by atoms with van der Waals surface area (Å²) in [5.74, 6) is -0.0900. The molecule has 2 heterocycles. The number of carbonyl (C=O) groups excluding carboxylic acids is 1. The molecule has 1 aliphatic heterocycles. The lowest BCUT2D eigenvalue weighted by atomic mass is 10.1. The summed E-state index contributed by atoms with van der Waals surface area (Å²) in [5.41, 5.74) is 4.68. The minimum Gasteiger partial charge on any atom is -0.394 e. The first-order valence-electron chi connectivity index (χ1n) is 8.07. The summed E-state index contributed by atoms with van der Waals surface area (Å²) in [7, 11) is 0. The van der Waals surface area contributed by atoms with Crippen LogP contribution in [0.1, 0.15) is 40.2 Å². The maximum atomic E-state index is 12.7. The number of nitrogens with zero attached hydrogens (tertiary/aromatic N) is 3. The van der Waals surface area contributed by atoms with Crippen LogP contribution in [0.25, 0.3) is 5.69 Å². The number of hydrogen-bond acceptors (Lipinski definition) is 3. The van der Waals surface area contributed by atoms with E-state index < -0.39 is 0 Å². The van der Waals surface area contributed by atoms with Crippen molar-refractivity contribution in [2.45, 2.75) is 39.7 Å². The Hall–Kier alpha value is -2.14. The minimum absolute atomic E-state index is 0.0164. The van der Waals surface area contributed by atoms with Gasteiger partial charge in [0.2, 0.25) is 0 Å². The number of aliphatic hydroxyl groups excluding tert-OH is 1. The lowest BCUT2D eigenvalue weighted by Crippen LogP contribution is -2.37. The van der Waals surface area contributed by atoms with Gasteiger partial charge in [-0.2, -0.15) is 5.10 Å². The number of aryl methyl sites for hydroxylation is 3. The number of carbonyl (C=O) groups is 1. The second-order valence-corrected chi connectivity index (χ2v) is 6.41. The fourth-order valence-electron chi connectivity index (χ4n) is 3.35. The summed E-state index contributed by atoms with van der Waals surface area (Å²) in [6.45, 7) is 6.77. The molecule has 0 bridgehead atoms. The monoisotopic (exact) mass is 313 g/mol. The molecule has 5 heteroatoms. The fourth-order valence-corrected chi connectivity index (χ4v) is 3.35. The SMILES string of the molecule is Cc1cc(C)cc(-n2nc(C(=O)N3CCC[C@@H]3CO)cc2C)c1. The average Bonchev–Trinajstić information content (AvgIpc) is 3.11. The molecule has 0 radical (unpaired) electrons. The van der Waals surface area contributed by atoms with Gasteiger partial charge in [0.05, 0.1) is 18.3 Å². The molecule has 3 rings (SSSR count). The molecule has 1 aliphatic rings. The van der Waals surface area contributed by atoms with Gasteiger partial charge in [-0.1, -0.05) is 6.07 Å². The summed E-state index contributed by atoms with van der Waals surface area (Å²) in [4.78, 5) is 14.4. The molecular weight excluding hydrogens is 290 g/mol. The lowest BCUT2D eigenvalue weighted by molar-refractivity contribution is 0.0671. The highest BCUT2D eigenvalue weighted by Crippen LogP contribution is 2.21. The van der Waals surface area contributed by atoms with Gasteiger partial charge in [-0.25, -0.2) is 4.68 Å². The highest BCUT2D eigenvalue weighted by molar-refractivity contribution is 5.93. The summed E-state index contributed by atoms with van der Waals surface area (Å²) in [6, 6.07) is 7.99. The van der Waals surface area contributed by atoms with Crippen molar-refractivity contribution in [2.75, 3.05) is 13.2 Å². The molecule has 0 spiro atoms. The zero-order chi connectivity index (χ0) is 16.6. The molecule has 1 aromatic heterocycles. The van der Waals surface area contributed by atoms with Gasteiger partial charge in [0.25, 0.3) is 5.91 Å².